The average molecular weight is 337 g/mol. The Labute approximate surface area is 141 Å². The molecule has 0 fully saturated rings. The molecule has 0 saturated heterocycles. The van der Waals surface area contributed by atoms with Gasteiger partial charge in [-0.15, -0.1) is 12.4 Å². The first-order chi connectivity index (χ1) is 10.8. The van der Waals surface area contributed by atoms with Gasteiger partial charge >= 0.3 is 0 Å². The molecule has 1 aliphatic rings. The van der Waals surface area contributed by atoms with Crippen molar-refractivity contribution < 1.29 is 9.53 Å². The Morgan fingerprint density at radius 3 is 3.13 bits per heavy atom. The lowest BCUT2D eigenvalue weighted by molar-refractivity contribution is 0.102. The van der Waals surface area contributed by atoms with Gasteiger partial charge in [0.1, 0.15) is 0 Å². The van der Waals surface area contributed by atoms with E-state index in [1.165, 1.54) is 0 Å². The van der Waals surface area contributed by atoms with Crippen molar-refractivity contribution in [1.29, 1.82) is 0 Å². The van der Waals surface area contributed by atoms with Gasteiger partial charge in [-0.1, -0.05) is 12.1 Å². The van der Waals surface area contributed by atoms with Crippen LogP contribution in [0.25, 0.3) is 0 Å². The molecule has 7 heteroatoms. The molecule has 0 bridgehead atoms. The van der Waals surface area contributed by atoms with Crippen molar-refractivity contribution in [2.45, 2.75) is 26.5 Å². The summed E-state index contributed by atoms with van der Waals surface area (Å²) in [5.41, 5.74) is 4.27. The maximum Gasteiger partial charge on any atom is 0.276 e. The molecule has 2 aromatic rings. The topological polar surface area (TPSA) is 79.0 Å². The Morgan fingerprint density at radius 2 is 2.30 bits per heavy atom. The maximum absolute atomic E-state index is 12.4. The largest absolute Gasteiger partial charge is 0.377 e. The van der Waals surface area contributed by atoms with Crippen LogP contribution < -0.4 is 10.6 Å². The number of anilines is 1. The Balaban J connectivity index is 0.00000192. The van der Waals surface area contributed by atoms with Crippen LogP contribution in [-0.4, -0.2) is 29.3 Å². The standard InChI is InChI=1S/C16H20N4O2.ClH/c1-2-22-10-11-4-3-5-12(8-11)18-16(21)15-13-9-17-7-6-14(13)19-20-15;/h3-5,8,17H,2,6-7,9-10H2,1H3,(H,18,21)(H,19,20);1H. The number of nitrogens with zero attached hydrogens (tertiary/aromatic N) is 1. The molecule has 0 spiro atoms. The van der Waals surface area contributed by atoms with Gasteiger partial charge in [-0.25, -0.2) is 0 Å². The van der Waals surface area contributed by atoms with Crippen LogP contribution in [0.15, 0.2) is 24.3 Å². The fourth-order valence-corrected chi connectivity index (χ4v) is 2.56. The van der Waals surface area contributed by atoms with Crippen LogP contribution >= 0.6 is 12.4 Å². The molecule has 0 unspecified atom stereocenters. The fraction of sp³-hybridized carbons (Fsp3) is 0.375. The monoisotopic (exact) mass is 336 g/mol. The van der Waals surface area contributed by atoms with Crippen LogP contribution in [0.4, 0.5) is 5.69 Å². The van der Waals surface area contributed by atoms with Crippen LogP contribution in [0, 0.1) is 0 Å². The highest BCUT2D eigenvalue weighted by molar-refractivity contribution is 6.04. The fourth-order valence-electron chi connectivity index (χ4n) is 2.56. The number of hydrogen-bond donors (Lipinski definition) is 3. The van der Waals surface area contributed by atoms with E-state index in [0.29, 0.717) is 25.5 Å². The normalized spacial score (nSPS) is 13.1. The number of aromatic amines is 1. The number of rotatable bonds is 5. The SMILES string of the molecule is CCOCc1cccc(NC(=O)c2n[nH]c3c2CNCC3)c1.Cl. The molecule has 3 N–H and O–H groups in total. The Kier molecular flexibility index (Phi) is 6.15. The predicted molar refractivity (Wildman–Crippen MR) is 91.0 cm³/mol. The van der Waals surface area contributed by atoms with E-state index in [1.807, 2.05) is 31.2 Å². The summed E-state index contributed by atoms with van der Waals surface area (Å²) in [7, 11) is 0. The second-order valence-electron chi connectivity index (χ2n) is 5.25. The number of aromatic nitrogens is 2. The minimum absolute atomic E-state index is 0. The number of benzene rings is 1. The van der Waals surface area contributed by atoms with E-state index in [9.17, 15) is 4.79 Å². The zero-order valence-electron chi connectivity index (χ0n) is 13.0. The van der Waals surface area contributed by atoms with E-state index >= 15 is 0 Å². The minimum Gasteiger partial charge on any atom is -0.377 e. The summed E-state index contributed by atoms with van der Waals surface area (Å²) >= 11 is 0. The summed E-state index contributed by atoms with van der Waals surface area (Å²) in [6.45, 7) is 4.76. The molecule has 2 heterocycles. The van der Waals surface area contributed by atoms with Gasteiger partial charge in [-0.2, -0.15) is 5.10 Å². The van der Waals surface area contributed by atoms with Gasteiger partial charge in [0.15, 0.2) is 5.69 Å². The van der Waals surface area contributed by atoms with E-state index < -0.39 is 0 Å². The number of fused-ring (bicyclic) bond motifs is 1. The summed E-state index contributed by atoms with van der Waals surface area (Å²) in [4.78, 5) is 12.4. The summed E-state index contributed by atoms with van der Waals surface area (Å²) in [6.07, 6.45) is 0.874. The highest BCUT2D eigenvalue weighted by Crippen LogP contribution is 2.18. The van der Waals surface area contributed by atoms with Crippen molar-refractivity contribution in [3.05, 3.63) is 46.8 Å². The van der Waals surface area contributed by atoms with Crippen LogP contribution in [0.2, 0.25) is 0 Å². The zero-order chi connectivity index (χ0) is 15.4. The number of carbonyl (C=O) groups excluding carboxylic acids is 1. The van der Waals surface area contributed by atoms with Gasteiger partial charge in [-0.3, -0.25) is 9.89 Å². The molecule has 0 radical (unpaired) electrons. The van der Waals surface area contributed by atoms with Crippen LogP contribution in [0.1, 0.15) is 34.2 Å². The van der Waals surface area contributed by atoms with Crippen LogP contribution in [0.5, 0.6) is 0 Å². The molecule has 3 rings (SSSR count). The smallest absolute Gasteiger partial charge is 0.276 e. The second kappa shape index (κ2) is 8.10. The van der Waals surface area contributed by atoms with Gasteiger partial charge in [0, 0.05) is 43.1 Å². The molecule has 1 amide bonds. The molecule has 0 atom stereocenters. The van der Waals surface area contributed by atoms with Gasteiger partial charge in [0.25, 0.3) is 5.91 Å². The number of amides is 1. The van der Waals surface area contributed by atoms with Gasteiger partial charge in [0.05, 0.1) is 6.61 Å². The quantitative estimate of drug-likeness (QED) is 0.782. The Bertz CT molecular complexity index is 672. The molecule has 1 aromatic carbocycles. The third-order valence-corrected chi connectivity index (χ3v) is 3.68. The number of ether oxygens (including phenoxy) is 1. The molecule has 124 valence electrons. The van der Waals surface area contributed by atoms with E-state index in [2.05, 4.69) is 20.8 Å². The molecule has 1 aliphatic heterocycles. The third kappa shape index (κ3) is 4.10. The lowest BCUT2D eigenvalue weighted by Crippen LogP contribution is -2.25. The number of H-pyrrole nitrogens is 1. The van der Waals surface area contributed by atoms with Crippen molar-refractivity contribution in [3.8, 4) is 0 Å². The number of hydrogen-bond acceptors (Lipinski definition) is 4. The van der Waals surface area contributed by atoms with Crippen molar-refractivity contribution >= 4 is 24.0 Å². The highest BCUT2D eigenvalue weighted by atomic mass is 35.5. The predicted octanol–water partition coefficient (Wildman–Crippen LogP) is 2.27. The van der Waals surface area contributed by atoms with Crippen molar-refractivity contribution in [2.24, 2.45) is 0 Å². The van der Waals surface area contributed by atoms with Crippen molar-refractivity contribution in [1.82, 2.24) is 15.5 Å². The Morgan fingerprint density at radius 1 is 1.43 bits per heavy atom. The first kappa shape index (κ1) is 17.5. The highest BCUT2D eigenvalue weighted by Gasteiger charge is 2.21. The summed E-state index contributed by atoms with van der Waals surface area (Å²) in [5, 5.41) is 13.3. The van der Waals surface area contributed by atoms with E-state index in [-0.39, 0.29) is 18.3 Å². The van der Waals surface area contributed by atoms with Crippen LogP contribution in [0.3, 0.4) is 0 Å². The third-order valence-electron chi connectivity index (χ3n) is 3.68. The first-order valence-electron chi connectivity index (χ1n) is 7.52. The minimum atomic E-state index is -0.185. The van der Waals surface area contributed by atoms with Crippen molar-refractivity contribution in [2.75, 3.05) is 18.5 Å². The number of carbonyl (C=O) groups is 1. The second-order valence-corrected chi connectivity index (χ2v) is 5.25. The van der Waals surface area contributed by atoms with Crippen molar-refractivity contribution in [3.63, 3.8) is 0 Å². The molecular formula is C16H21ClN4O2. The lowest BCUT2D eigenvalue weighted by atomic mass is 10.1. The molecule has 23 heavy (non-hydrogen) atoms. The average Bonchev–Trinajstić information content (AvgIpc) is 2.97. The summed E-state index contributed by atoms with van der Waals surface area (Å²) in [6, 6.07) is 7.67. The first-order valence-corrected chi connectivity index (χ1v) is 7.52. The molecule has 0 aliphatic carbocycles. The number of nitrogens with one attached hydrogen (secondary N) is 3. The van der Waals surface area contributed by atoms with Gasteiger partial charge in [0.2, 0.25) is 0 Å². The molecule has 6 nitrogen and oxygen atoms in total. The summed E-state index contributed by atoms with van der Waals surface area (Å²) < 4.78 is 5.39. The zero-order valence-corrected chi connectivity index (χ0v) is 13.8. The van der Waals surface area contributed by atoms with E-state index in [1.54, 1.807) is 0 Å². The van der Waals surface area contributed by atoms with Gasteiger partial charge < -0.3 is 15.4 Å². The van der Waals surface area contributed by atoms with E-state index in [0.717, 1.165) is 35.5 Å². The maximum atomic E-state index is 12.4. The van der Waals surface area contributed by atoms with Gasteiger partial charge in [-0.05, 0) is 24.6 Å². The molecule has 1 aromatic heterocycles. The number of halogens is 1. The van der Waals surface area contributed by atoms with E-state index in [4.69, 9.17) is 4.74 Å². The van der Waals surface area contributed by atoms with Crippen LogP contribution in [-0.2, 0) is 24.3 Å². The lowest BCUT2D eigenvalue weighted by Gasteiger charge is -2.13. The molecule has 0 saturated carbocycles. The summed E-state index contributed by atoms with van der Waals surface area (Å²) in [5.74, 6) is -0.185. The Hall–Kier alpha value is -1.89. The molecular weight excluding hydrogens is 316 g/mol.